The minimum absolute atomic E-state index is 0.111. The first-order valence-corrected chi connectivity index (χ1v) is 9.60. The molecule has 1 aliphatic rings. The molecule has 0 saturated carbocycles. The zero-order chi connectivity index (χ0) is 18.1. The highest BCUT2D eigenvalue weighted by molar-refractivity contribution is 7.99. The standard InChI is InChI=1S/C20H20N4OS/c1-14-7-3-5-9-16(14)19-21-22-20(23(19)2)26-13-18(25)24-12-11-15-8-4-6-10-17(15)24/h3-10H,11-13H2,1-2H3. The van der Waals surface area contributed by atoms with Crippen LogP contribution in [0.4, 0.5) is 5.69 Å². The van der Waals surface area contributed by atoms with Crippen LogP contribution in [0, 0.1) is 6.92 Å². The molecule has 2 heterocycles. The van der Waals surface area contributed by atoms with Gasteiger partial charge in [0, 0.05) is 24.8 Å². The molecule has 0 bridgehead atoms. The number of nitrogens with zero attached hydrogens (tertiary/aromatic N) is 4. The number of carbonyl (C=O) groups is 1. The fourth-order valence-electron chi connectivity index (χ4n) is 3.30. The summed E-state index contributed by atoms with van der Waals surface area (Å²) in [5.74, 6) is 1.29. The van der Waals surface area contributed by atoms with E-state index in [0.717, 1.165) is 40.8 Å². The number of amides is 1. The molecule has 0 aliphatic carbocycles. The van der Waals surface area contributed by atoms with E-state index in [1.807, 2.05) is 52.9 Å². The molecule has 0 unspecified atom stereocenters. The fourth-order valence-corrected chi connectivity index (χ4v) is 4.09. The number of fused-ring (bicyclic) bond motifs is 1. The molecule has 132 valence electrons. The Morgan fingerprint density at radius 2 is 1.88 bits per heavy atom. The largest absolute Gasteiger partial charge is 0.311 e. The second-order valence-electron chi connectivity index (χ2n) is 6.39. The van der Waals surface area contributed by atoms with Crippen LogP contribution in [0.15, 0.2) is 53.7 Å². The first-order chi connectivity index (χ1) is 12.6. The van der Waals surface area contributed by atoms with E-state index in [2.05, 4.69) is 29.3 Å². The van der Waals surface area contributed by atoms with Crippen molar-refractivity contribution in [2.75, 3.05) is 17.2 Å². The highest BCUT2D eigenvalue weighted by Gasteiger charge is 2.24. The Morgan fingerprint density at radius 1 is 1.12 bits per heavy atom. The SMILES string of the molecule is Cc1ccccc1-c1nnc(SCC(=O)N2CCc3ccccc32)n1C. The summed E-state index contributed by atoms with van der Waals surface area (Å²) in [6, 6.07) is 16.2. The summed E-state index contributed by atoms with van der Waals surface area (Å²) in [4.78, 5) is 14.5. The van der Waals surface area contributed by atoms with E-state index in [0.29, 0.717) is 5.75 Å². The van der Waals surface area contributed by atoms with Crippen molar-refractivity contribution in [2.24, 2.45) is 7.05 Å². The number of thioether (sulfide) groups is 1. The van der Waals surface area contributed by atoms with Crippen LogP contribution in [0.1, 0.15) is 11.1 Å². The lowest BCUT2D eigenvalue weighted by Crippen LogP contribution is -2.30. The molecule has 0 atom stereocenters. The Morgan fingerprint density at radius 3 is 2.73 bits per heavy atom. The number of aromatic nitrogens is 3. The third-order valence-electron chi connectivity index (χ3n) is 4.73. The second-order valence-corrected chi connectivity index (χ2v) is 7.34. The van der Waals surface area contributed by atoms with Gasteiger partial charge in [0.2, 0.25) is 5.91 Å². The van der Waals surface area contributed by atoms with E-state index in [1.54, 1.807) is 0 Å². The molecular formula is C20H20N4OS. The van der Waals surface area contributed by atoms with Gasteiger partial charge in [-0.1, -0.05) is 54.2 Å². The summed E-state index contributed by atoms with van der Waals surface area (Å²) in [6.45, 7) is 2.82. The Hall–Kier alpha value is -2.60. The van der Waals surface area contributed by atoms with Crippen LogP contribution in [-0.2, 0) is 18.3 Å². The summed E-state index contributed by atoms with van der Waals surface area (Å²) >= 11 is 1.44. The molecule has 26 heavy (non-hydrogen) atoms. The molecule has 6 heteroatoms. The average molecular weight is 364 g/mol. The third-order valence-corrected chi connectivity index (χ3v) is 5.74. The number of hydrogen-bond acceptors (Lipinski definition) is 4. The summed E-state index contributed by atoms with van der Waals surface area (Å²) < 4.78 is 1.96. The van der Waals surface area contributed by atoms with Crippen molar-refractivity contribution >= 4 is 23.4 Å². The average Bonchev–Trinajstić information content (AvgIpc) is 3.24. The van der Waals surface area contributed by atoms with E-state index in [-0.39, 0.29) is 5.91 Å². The molecule has 0 N–H and O–H groups in total. The normalized spacial score (nSPS) is 13.1. The lowest BCUT2D eigenvalue weighted by atomic mass is 10.1. The summed E-state index contributed by atoms with van der Waals surface area (Å²) in [7, 11) is 1.94. The van der Waals surface area contributed by atoms with Crippen LogP contribution in [0.5, 0.6) is 0 Å². The summed E-state index contributed by atoms with van der Waals surface area (Å²) in [5.41, 5.74) is 4.50. The van der Waals surface area contributed by atoms with Crippen molar-refractivity contribution < 1.29 is 4.79 Å². The van der Waals surface area contributed by atoms with Crippen molar-refractivity contribution in [3.63, 3.8) is 0 Å². The van der Waals surface area contributed by atoms with Crippen LogP contribution in [0.2, 0.25) is 0 Å². The number of carbonyl (C=O) groups excluding carboxylic acids is 1. The van der Waals surface area contributed by atoms with Crippen molar-refractivity contribution in [1.82, 2.24) is 14.8 Å². The van der Waals surface area contributed by atoms with Crippen LogP contribution in [-0.4, -0.2) is 33.0 Å². The number of para-hydroxylation sites is 1. The molecule has 0 saturated heterocycles. The third kappa shape index (κ3) is 3.01. The maximum atomic E-state index is 12.7. The molecule has 1 aromatic heterocycles. The Kier molecular flexibility index (Phi) is 4.51. The van der Waals surface area contributed by atoms with Gasteiger partial charge in [0.25, 0.3) is 0 Å². The molecule has 0 fully saturated rings. The number of anilines is 1. The molecule has 3 aromatic rings. The number of benzene rings is 2. The molecule has 0 spiro atoms. The number of aryl methyl sites for hydroxylation is 1. The van der Waals surface area contributed by atoms with Gasteiger partial charge in [0.1, 0.15) is 0 Å². The van der Waals surface area contributed by atoms with E-state index >= 15 is 0 Å². The Labute approximate surface area is 157 Å². The van der Waals surface area contributed by atoms with Crippen molar-refractivity contribution in [3.8, 4) is 11.4 Å². The highest BCUT2D eigenvalue weighted by atomic mass is 32.2. The van der Waals surface area contributed by atoms with E-state index < -0.39 is 0 Å². The molecule has 5 nitrogen and oxygen atoms in total. The van der Waals surface area contributed by atoms with Gasteiger partial charge in [-0.2, -0.15) is 0 Å². The van der Waals surface area contributed by atoms with Crippen LogP contribution >= 0.6 is 11.8 Å². The minimum atomic E-state index is 0.111. The Balaban J connectivity index is 1.48. The first kappa shape index (κ1) is 16.8. The number of hydrogen-bond donors (Lipinski definition) is 0. The topological polar surface area (TPSA) is 51.0 Å². The van der Waals surface area contributed by atoms with Gasteiger partial charge < -0.3 is 9.47 Å². The van der Waals surface area contributed by atoms with E-state index in [1.165, 1.54) is 17.3 Å². The first-order valence-electron chi connectivity index (χ1n) is 8.61. The molecule has 4 rings (SSSR count). The van der Waals surface area contributed by atoms with Gasteiger partial charge in [-0.25, -0.2) is 0 Å². The minimum Gasteiger partial charge on any atom is -0.311 e. The van der Waals surface area contributed by atoms with Crippen LogP contribution < -0.4 is 4.90 Å². The molecular weight excluding hydrogens is 344 g/mol. The number of rotatable bonds is 4. The van der Waals surface area contributed by atoms with Gasteiger partial charge in [-0.05, 0) is 30.5 Å². The van der Waals surface area contributed by atoms with Gasteiger partial charge in [-0.3, -0.25) is 4.79 Å². The molecule has 2 aromatic carbocycles. The second kappa shape index (κ2) is 6.96. The zero-order valence-electron chi connectivity index (χ0n) is 14.8. The van der Waals surface area contributed by atoms with Gasteiger partial charge >= 0.3 is 0 Å². The summed E-state index contributed by atoms with van der Waals surface area (Å²) in [6.07, 6.45) is 0.925. The van der Waals surface area contributed by atoms with Crippen LogP contribution in [0.25, 0.3) is 11.4 Å². The lowest BCUT2D eigenvalue weighted by molar-refractivity contribution is -0.116. The monoisotopic (exact) mass is 364 g/mol. The smallest absolute Gasteiger partial charge is 0.237 e. The highest BCUT2D eigenvalue weighted by Crippen LogP contribution is 2.29. The maximum Gasteiger partial charge on any atom is 0.237 e. The molecule has 1 amide bonds. The molecule has 1 aliphatic heterocycles. The van der Waals surface area contributed by atoms with Crippen molar-refractivity contribution in [3.05, 3.63) is 59.7 Å². The maximum absolute atomic E-state index is 12.7. The quantitative estimate of drug-likeness (QED) is 0.665. The fraction of sp³-hybridized carbons (Fsp3) is 0.250. The lowest BCUT2D eigenvalue weighted by Gasteiger charge is -2.16. The van der Waals surface area contributed by atoms with Gasteiger partial charge in [0.15, 0.2) is 11.0 Å². The van der Waals surface area contributed by atoms with Gasteiger partial charge in [-0.15, -0.1) is 10.2 Å². The van der Waals surface area contributed by atoms with Crippen molar-refractivity contribution in [1.29, 1.82) is 0 Å². The van der Waals surface area contributed by atoms with Crippen LogP contribution in [0.3, 0.4) is 0 Å². The predicted molar refractivity (Wildman–Crippen MR) is 104 cm³/mol. The predicted octanol–water partition coefficient (Wildman–Crippen LogP) is 3.47. The zero-order valence-corrected chi connectivity index (χ0v) is 15.7. The Bertz CT molecular complexity index is 966. The van der Waals surface area contributed by atoms with E-state index in [4.69, 9.17) is 0 Å². The van der Waals surface area contributed by atoms with E-state index in [9.17, 15) is 4.79 Å². The van der Waals surface area contributed by atoms with Gasteiger partial charge in [0.05, 0.1) is 5.75 Å². The molecule has 0 radical (unpaired) electrons. The van der Waals surface area contributed by atoms with Crippen molar-refractivity contribution in [2.45, 2.75) is 18.5 Å². The summed E-state index contributed by atoms with van der Waals surface area (Å²) in [5, 5.41) is 9.36.